The van der Waals surface area contributed by atoms with Crippen LogP contribution in [0.5, 0.6) is 0 Å². The maximum absolute atomic E-state index is 11.8. The average molecular weight is 291 g/mol. The lowest BCUT2D eigenvalue weighted by Gasteiger charge is -2.07. The lowest BCUT2D eigenvalue weighted by atomic mass is 10.2. The molecule has 1 heterocycles. The molecule has 20 heavy (non-hydrogen) atoms. The zero-order valence-electron chi connectivity index (χ0n) is 11.2. The highest BCUT2D eigenvalue weighted by molar-refractivity contribution is 7.09. The Kier molecular flexibility index (Phi) is 5.09. The van der Waals surface area contributed by atoms with Gasteiger partial charge in [0.05, 0.1) is 23.9 Å². The van der Waals surface area contributed by atoms with Crippen LogP contribution in [0.2, 0.25) is 0 Å². The number of carbonyl (C=O) groups excluding carboxylic acids is 1. The summed E-state index contributed by atoms with van der Waals surface area (Å²) in [6.45, 7) is 2.80. The van der Waals surface area contributed by atoms with Gasteiger partial charge in [0.15, 0.2) is 0 Å². The number of amides is 1. The molecular formula is C14H17N3O2S. The SMILES string of the molecule is Cc1nc(CNc2cccc(C(=O)NCCO)c2)cs1. The van der Waals surface area contributed by atoms with Crippen LogP contribution in [-0.2, 0) is 6.54 Å². The van der Waals surface area contributed by atoms with E-state index >= 15 is 0 Å². The van der Waals surface area contributed by atoms with E-state index in [0.29, 0.717) is 12.1 Å². The molecule has 2 aromatic rings. The molecule has 1 aromatic carbocycles. The number of hydrogen-bond acceptors (Lipinski definition) is 5. The van der Waals surface area contributed by atoms with E-state index in [4.69, 9.17) is 5.11 Å². The number of aliphatic hydroxyl groups is 1. The van der Waals surface area contributed by atoms with Crippen LogP contribution in [0.15, 0.2) is 29.6 Å². The molecule has 106 valence electrons. The first-order valence-electron chi connectivity index (χ1n) is 6.33. The molecule has 1 amide bonds. The van der Waals surface area contributed by atoms with Crippen LogP contribution in [0.3, 0.4) is 0 Å². The Balaban J connectivity index is 1.97. The second kappa shape index (κ2) is 7.02. The van der Waals surface area contributed by atoms with E-state index in [0.717, 1.165) is 16.4 Å². The highest BCUT2D eigenvalue weighted by Crippen LogP contribution is 2.13. The predicted molar refractivity (Wildman–Crippen MR) is 80.0 cm³/mol. The third kappa shape index (κ3) is 4.04. The number of thiazole rings is 1. The van der Waals surface area contributed by atoms with E-state index in [9.17, 15) is 4.79 Å². The Morgan fingerprint density at radius 2 is 2.30 bits per heavy atom. The number of aliphatic hydroxyl groups excluding tert-OH is 1. The molecular weight excluding hydrogens is 274 g/mol. The maximum atomic E-state index is 11.8. The van der Waals surface area contributed by atoms with E-state index in [-0.39, 0.29) is 19.1 Å². The van der Waals surface area contributed by atoms with Gasteiger partial charge in [-0.25, -0.2) is 4.98 Å². The number of nitrogens with zero attached hydrogens (tertiary/aromatic N) is 1. The summed E-state index contributed by atoms with van der Waals surface area (Å²) in [5.41, 5.74) is 2.42. The fraction of sp³-hybridized carbons (Fsp3) is 0.286. The van der Waals surface area contributed by atoms with Gasteiger partial charge in [-0.3, -0.25) is 4.79 Å². The zero-order chi connectivity index (χ0) is 14.4. The minimum absolute atomic E-state index is 0.0626. The van der Waals surface area contributed by atoms with Gasteiger partial charge in [0, 0.05) is 23.2 Å². The molecule has 0 aliphatic rings. The molecule has 3 N–H and O–H groups in total. The Morgan fingerprint density at radius 3 is 3.00 bits per heavy atom. The van der Waals surface area contributed by atoms with Crippen LogP contribution in [-0.4, -0.2) is 29.1 Å². The normalized spacial score (nSPS) is 10.3. The first-order chi connectivity index (χ1) is 9.69. The van der Waals surface area contributed by atoms with Gasteiger partial charge in [-0.2, -0.15) is 0 Å². The van der Waals surface area contributed by atoms with Crippen molar-refractivity contribution in [3.05, 3.63) is 45.9 Å². The Hall–Kier alpha value is -1.92. The topological polar surface area (TPSA) is 74.2 Å². The van der Waals surface area contributed by atoms with Gasteiger partial charge >= 0.3 is 0 Å². The fourth-order valence-corrected chi connectivity index (χ4v) is 2.34. The van der Waals surface area contributed by atoms with E-state index < -0.39 is 0 Å². The number of rotatable bonds is 6. The molecule has 0 radical (unpaired) electrons. The van der Waals surface area contributed by atoms with E-state index in [1.165, 1.54) is 0 Å². The second-order valence-corrected chi connectivity index (χ2v) is 5.33. The molecule has 0 aliphatic carbocycles. The lowest BCUT2D eigenvalue weighted by molar-refractivity contribution is 0.0945. The molecule has 0 saturated heterocycles. The predicted octanol–water partition coefficient (Wildman–Crippen LogP) is 1.79. The van der Waals surface area contributed by atoms with Crippen LogP contribution >= 0.6 is 11.3 Å². The number of aryl methyl sites for hydroxylation is 1. The van der Waals surface area contributed by atoms with Gasteiger partial charge in [0.25, 0.3) is 5.91 Å². The number of carbonyl (C=O) groups is 1. The molecule has 5 nitrogen and oxygen atoms in total. The molecule has 2 rings (SSSR count). The smallest absolute Gasteiger partial charge is 0.251 e. The summed E-state index contributed by atoms with van der Waals surface area (Å²) in [6.07, 6.45) is 0. The highest BCUT2D eigenvalue weighted by Gasteiger charge is 2.05. The number of hydrogen-bond donors (Lipinski definition) is 3. The number of benzene rings is 1. The number of nitrogens with one attached hydrogen (secondary N) is 2. The molecule has 6 heteroatoms. The van der Waals surface area contributed by atoms with E-state index in [2.05, 4.69) is 15.6 Å². The van der Waals surface area contributed by atoms with E-state index in [1.54, 1.807) is 23.5 Å². The van der Waals surface area contributed by atoms with Crippen LogP contribution < -0.4 is 10.6 Å². The van der Waals surface area contributed by atoms with Crippen molar-refractivity contribution in [2.75, 3.05) is 18.5 Å². The van der Waals surface area contributed by atoms with Gasteiger partial charge < -0.3 is 15.7 Å². The molecule has 0 fully saturated rings. The van der Waals surface area contributed by atoms with Gasteiger partial charge in [0.1, 0.15) is 0 Å². The largest absolute Gasteiger partial charge is 0.395 e. The van der Waals surface area contributed by atoms with Crippen LogP contribution in [0.25, 0.3) is 0 Å². The first kappa shape index (κ1) is 14.5. The van der Waals surface area contributed by atoms with Gasteiger partial charge in [-0.05, 0) is 25.1 Å². The fourth-order valence-electron chi connectivity index (χ4n) is 1.72. The second-order valence-electron chi connectivity index (χ2n) is 4.27. The summed E-state index contributed by atoms with van der Waals surface area (Å²) in [5, 5.41) is 17.6. The van der Waals surface area contributed by atoms with Crippen molar-refractivity contribution >= 4 is 22.9 Å². The molecule has 0 atom stereocenters. The number of anilines is 1. The molecule has 0 saturated carbocycles. The van der Waals surface area contributed by atoms with Crippen molar-refractivity contribution in [2.24, 2.45) is 0 Å². The molecule has 0 aliphatic heterocycles. The Morgan fingerprint density at radius 1 is 1.45 bits per heavy atom. The standard InChI is InChI=1S/C14H17N3O2S/c1-10-17-13(9-20-10)8-16-12-4-2-3-11(7-12)14(19)15-5-6-18/h2-4,7,9,16,18H,5-6,8H2,1H3,(H,15,19). The summed E-state index contributed by atoms with van der Waals surface area (Å²) in [6, 6.07) is 7.25. The third-order valence-electron chi connectivity index (χ3n) is 2.66. The quantitative estimate of drug-likeness (QED) is 0.758. The summed E-state index contributed by atoms with van der Waals surface area (Å²) >= 11 is 1.62. The minimum Gasteiger partial charge on any atom is -0.395 e. The summed E-state index contributed by atoms with van der Waals surface area (Å²) in [4.78, 5) is 16.1. The summed E-state index contributed by atoms with van der Waals surface area (Å²) in [5.74, 6) is -0.188. The number of aromatic nitrogens is 1. The Bertz CT molecular complexity index is 583. The molecule has 0 bridgehead atoms. The lowest BCUT2D eigenvalue weighted by Crippen LogP contribution is -2.26. The van der Waals surface area contributed by atoms with Crippen molar-refractivity contribution in [3.63, 3.8) is 0 Å². The van der Waals surface area contributed by atoms with Crippen molar-refractivity contribution in [1.29, 1.82) is 0 Å². The Labute approximate surface area is 121 Å². The van der Waals surface area contributed by atoms with Crippen LogP contribution in [0.4, 0.5) is 5.69 Å². The summed E-state index contributed by atoms with van der Waals surface area (Å²) < 4.78 is 0. The van der Waals surface area contributed by atoms with E-state index in [1.807, 2.05) is 24.4 Å². The summed E-state index contributed by atoms with van der Waals surface area (Å²) in [7, 11) is 0. The zero-order valence-corrected chi connectivity index (χ0v) is 12.0. The van der Waals surface area contributed by atoms with Crippen LogP contribution in [0.1, 0.15) is 21.1 Å². The molecule has 0 spiro atoms. The minimum atomic E-state index is -0.188. The third-order valence-corrected chi connectivity index (χ3v) is 3.48. The van der Waals surface area contributed by atoms with Crippen molar-refractivity contribution in [3.8, 4) is 0 Å². The average Bonchev–Trinajstić information content (AvgIpc) is 2.88. The van der Waals surface area contributed by atoms with Crippen LogP contribution in [0, 0.1) is 6.92 Å². The van der Waals surface area contributed by atoms with Crippen molar-refractivity contribution in [1.82, 2.24) is 10.3 Å². The van der Waals surface area contributed by atoms with Crippen molar-refractivity contribution in [2.45, 2.75) is 13.5 Å². The van der Waals surface area contributed by atoms with Gasteiger partial charge in [-0.15, -0.1) is 11.3 Å². The maximum Gasteiger partial charge on any atom is 0.251 e. The van der Waals surface area contributed by atoms with Gasteiger partial charge in [-0.1, -0.05) is 6.07 Å². The van der Waals surface area contributed by atoms with Crippen molar-refractivity contribution < 1.29 is 9.90 Å². The molecule has 1 aromatic heterocycles. The molecule has 0 unspecified atom stereocenters. The monoisotopic (exact) mass is 291 g/mol. The van der Waals surface area contributed by atoms with Gasteiger partial charge in [0.2, 0.25) is 0 Å². The highest BCUT2D eigenvalue weighted by atomic mass is 32.1. The first-order valence-corrected chi connectivity index (χ1v) is 7.21.